The van der Waals surface area contributed by atoms with E-state index in [0.29, 0.717) is 0 Å². The van der Waals surface area contributed by atoms with E-state index in [9.17, 15) is 0 Å². The van der Waals surface area contributed by atoms with Crippen LogP contribution < -0.4 is 4.90 Å². The van der Waals surface area contributed by atoms with Crippen LogP contribution in [0.15, 0.2) is 36.0 Å². The Morgan fingerprint density at radius 2 is 1.88 bits per heavy atom. The minimum absolute atomic E-state index is 0.723. The van der Waals surface area contributed by atoms with Crippen molar-refractivity contribution in [2.24, 2.45) is 7.05 Å². The second-order valence-electron chi connectivity index (χ2n) is 6.31. The Morgan fingerprint density at radius 3 is 2.58 bits per heavy atom. The molecule has 0 spiro atoms. The van der Waals surface area contributed by atoms with Crippen molar-refractivity contribution < 1.29 is 0 Å². The first-order chi connectivity index (χ1) is 12.7. The van der Waals surface area contributed by atoms with Crippen molar-refractivity contribution in [1.82, 2.24) is 29.2 Å². The molecule has 0 N–H and O–H groups in total. The van der Waals surface area contributed by atoms with Crippen molar-refractivity contribution in [2.45, 2.75) is 13.1 Å². The third kappa shape index (κ3) is 3.69. The lowest BCUT2D eigenvalue weighted by atomic mass is 10.3. The second kappa shape index (κ2) is 7.65. The first kappa shape index (κ1) is 17.3. The predicted octanol–water partition coefficient (Wildman–Crippen LogP) is 2.17. The number of piperazine rings is 1. The molecule has 1 aliphatic heterocycles. The van der Waals surface area contributed by atoms with Crippen LogP contribution in [0.2, 0.25) is 0 Å². The van der Waals surface area contributed by atoms with Crippen LogP contribution in [0.1, 0.15) is 10.7 Å². The van der Waals surface area contributed by atoms with E-state index in [2.05, 4.69) is 37.3 Å². The maximum atomic E-state index is 5.59. The van der Waals surface area contributed by atoms with Crippen LogP contribution in [-0.2, 0) is 20.1 Å². The van der Waals surface area contributed by atoms with Crippen molar-refractivity contribution in [1.29, 1.82) is 0 Å². The summed E-state index contributed by atoms with van der Waals surface area (Å²) in [7, 11) is 2.00. The fourth-order valence-corrected chi connectivity index (χ4v) is 3.99. The van der Waals surface area contributed by atoms with Gasteiger partial charge in [0.05, 0.1) is 6.67 Å². The van der Waals surface area contributed by atoms with Crippen LogP contribution in [0.3, 0.4) is 0 Å². The summed E-state index contributed by atoms with van der Waals surface area (Å²) in [5.41, 5.74) is 0. The minimum Gasteiger partial charge on any atom is -0.338 e. The van der Waals surface area contributed by atoms with Gasteiger partial charge in [0.25, 0.3) is 0 Å². The van der Waals surface area contributed by atoms with E-state index in [1.807, 2.05) is 22.4 Å². The molecule has 0 bridgehead atoms. The van der Waals surface area contributed by atoms with Gasteiger partial charge in [-0.25, -0.2) is 14.6 Å². The summed E-state index contributed by atoms with van der Waals surface area (Å²) in [6.07, 6.45) is 4.40. The summed E-state index contributed by atoms with van der Waals surface area (Å²) in [5.74, 6) is 1.81. The first-order valence-electron chi connectivity index (χ1n) is 8.60. The third-order valence-electron chi connectivity index (χ3n) is 4.58. The van der Waals surface area contributed by atoms with Gasteiger partial charge < -0.3 is 9.47 Å². The molecule has 9 heteroatoms. The Kier molecular flexibility index (Phi) is 5.09. The zero-order chi connectivity index (χ0) is 17.9. The van der Waals surface area contributed by atoms with Gasteiger partial charge >= 0.3 is 0 Å². The molecular weight excluding hydrogens is 366 g/mol. The molecule has 4 heterocycles. The fourth-order valence-electron chi connectivity index (χ4n) is 3.08. The molecular formula is C17H21N7S2. The zero-order valence-electron chi connectivity index (χ0n) is 14.7. The Labute approximate surface area is 161 Å². The Morgan fingerprint density at radius 1 is 1.12 bits per heavy atom. The van der Waals surface area contributed by atoms with Gasteiger partial charge in [0.1, 0.15) is 5.82 Å². The van der Waals surface area contributed by atoms with Gasteiger partial charge in [-0.3, -0.25) is 4.90 Å². The average Bonchev–Trinajstić information content (AvgIpc) is 3.28. The van der Waals surface area contributed by atoms with Crippen LogP contribution in [0.4, 0.5) is 5.95 Å². The maximum Gasteiger partial charge on any atom is 0.225 e. The zero-order valence-corrected chi connectivity index (χ0v) is 16.3. The molecule has 1 aliphatic rings. The van der Waals surface area contributed by atoms with Crippen molar-refractivity contribution in [2.75, 3.05) is 31.1 Å². The predicted molar refractivity (Wildman–Crippen MR) is 105 cm³/mol. The molecule has 0 saturated carbocycles. The van der Waals surface area contributed by atoms with Crippen LogP contribution >= 0.6 is 23.6 Å². The highest BCUT2D eigenvalue weighted by atomic mass is 32.1. The molecule has 26 heavy (non-hydrogen) atoms. The summed E-state index contributed by atoms with van der Waals surface area (Å²) in [4.78, 5) is 14.6. The Bertz CT molecular complexity index is 893. The van der Waals surface area contributed by atoms with Gasteiger partial charge in [-0.05, 0) is 29.7 Å². The van der Waals surface area contributed by atoms with Gasteiger partial charge in [0, 0.05) is 56.9 Å². The number of hydrogen-bond acceptors (Lipinski definition) is 7. The average molecular weight is 388 g/mol. The maximum absolute atomic E-state index is 5.59. The normalized spacial score (nSPS) is 15.5. The first-order valence-corrected chi connectivity index (χ1v) is 9.89. The largest absolute Gasteiger partial charge is 0.338 e. The lowest BCUT2D eigenvalue weighted by Gasteiger charge is -2.34. The van der Waals surface area contributed by atoms with Crippen LogP contribution in [-0.4, -0.2) is 55.4 Å². The van der Waals surface area contributed by atoms with Crippen molar-refractivity contribution in [3.63, 3.8) is 0 Å². The molecule has 136 valence electrons. The summed E-state index contributed by atoms with van der Waals surface area (Å²) in [5, 5.41) is 6.85. The lowest BCUT2D eigenvalue weighted by Crippen LogP contribution is -2.47. The van der Waals surface area contributed by atoms with E-state index in [-0.39, 0.29) is 0 Å². The van der Waals surface area contributed by atoms with Gasteiger partial charge in [-0.1, -0.05) is 6.07 Å². The van der Waals surface area contributed by atoms with Crippen molar-refractivity contribution >= 4 is 29.5 Å². The van der Waals surface area contributed by atoms with Gasteiger partial charge in [-0.15, -0.1) is 11.3 Å². The molecule has 0 aromatic carbocycles. The van der Waals surface area contributed by atoms with E-state index in [4.69, 9.17) is 17.3 Å². The molecule has 4 rings (SSSR count). The van der Waals surface area contributed by atoms with E-state index < -0.39 is 0 Å². The second-order valence-corrected chi connectivity index (χ2v) is 7.71. The Hall–Kier alpha value is -2.10. The lowest BCUT2D eigenvalue weighted by molar-refractivity contribution is 0.193. The van der Waals surface area contributed by atoms with E-state index in [1.165, 1.54) is 4.88 Å². The molecule has 0 aliphatic carbocycles. The molecule has 0 amide bonds. The smallest absolute Gasteiger partial charge is 0.225 e. The summed E-state index contributed by atoms with van der Waals surface area (Å²) in [6.45, 7) is 4.42. The summed E-state index contributed by atoms with van der Waals surface area (Å²) >= 11 is 7.34. The van der Waals surface area contributed by atoms with Gasteiger partial charge in [-0.2, -0.15) is 5.10 Å². The minimum atomic E-state index is 0.723. The van der Waals surface area contributed by atoms with Crippen LogP contribution in [0.25, 0.3) is 0 Å². The number of anilines is 1. The number of aromatic nitrogens is 5. The number of nitrogens with zero attached hydrogens (tertiary/aromatic N) is 7. The number of hydrogen-bond donors (Lipinski definition) is 0. The SMILES string of the molecule is Cn1c(Cc2cccs2)nn(CN2CCN(c3ncccn3)CC2)c1=S. The monoisotopic (exact) mass is 387 g/mol. The molecule has 7 nitrogen and oxygen atoms in total. The van der Waals surface area contributed by atoms with Crippen molar-refractivity contribution in [3.05, 3.63) is 51.4 Å². The fraction of sp³-hybridized carbons (Fsp3) is 0.412. The van der Waals surface area contributed by atoms with Crippen LogP contribution in [0, 0.1) is 4.77 Å². The van der Waals surface area contributed by atoms with Crippen molar-refractivity contribution in [3.8, 4) is 0 Å². The standard InChI is InChI=1S/C17H21N7S2/c1-21-15(12-14-4-2-11-26-14)20-24(17(21)25)13-22-7-9-23(10-8-22)16-18-5-3-6-19-16/h2-6,11H,7-10,12-13H2,1H3. The quantitative estimate of drug-likeness (QED) is 0.626. The molecule has 1 fully saturated rings. The summed E-state index contributed by atoms with van der Waals surface area (Å²) in [6, 6.07) is 6.05. The third-order valence-corrected chi connectivity index (χ3v) is 5.95. The molecule has 3 aromatic rings. The molecule has 0 atom stereocenters. The Balaban J connectivity index is 1.40. The van der Waals surface area contributed by atoms with E-state index in [1.54, 1.807) is 23.7 Å². The number of thiophene rings is 1. The molecule has 3 aromatic heterocycles. The highest BCUT2D eigenvalue weighted by Gasteiger charge is 2.20. The molecule has 1 saturated heterocycles. The number of rotatable bonds is 5. The topological polar surface area (TPSA) is 55.0 Å². The highest BCUT2D eigenvalue weighted by Crippen LogP contribution is 2.15. The van der Waals surface area contributed by atoms with Crippen LogP contribution in [0.5, 0.6) is 0 Å². The summed E-state index contributed by atoms with van der Waals surface area (Å²) < 4.78 is 4.72. The molecule has 0 radical (unpaired) electrons. The van der Waals surface area contributed by atoms with E-state index in [0.717, 1.165) is 55.8 Å². The molecule has 0 unspecified atom stereocenters. The van der Waals surface area contributed by atoms with E-state index >= 15 is 0 Å². The van der Waals surface area contributed by atoms with Gasteiger partial charge in [0.2, 0.25) is 5.95 Å². The van der Waals surface area contributed by atoms with Gasteiger partial charge in [0.15, 0.2) is 4.77 Å². The highest BCUT2D eigenvalue weighted by molar-refractivity contribution is 7.71.